The van der Waals surface area contributed by atoms with Crippen molar-refractivity contribution < 1.29 is 19.8 Å². The molecule has 2 unspecified atom stereocenters. The maximum absolute atomic E-state index is 10.5. The van der Waals surface area contributed by atoms with Crippen LogP contribution in [0, 0.1) is 0 Å². The Morgan fingerprint density at radius 2 is 1.22 bits per heavy atom. The molecule has 106 valence electrons. The molecule has 4 nitrogen and oxygen atoms in total. The van der Waals surface area contributed by atoms with E-state index in [1.165, 1.54) is 0 Å². The molecule has 0 rings (SSSR count). The van der Waals surface area contributed by atoms with Gasteiger partial charge in [0.05, 0.1) is 0 Å². The van der Waals surface area contributed by atoms with Crippen molar-refractivity contribution in [1.29, 1.82) is 0 Å². The van der Waals surface area contributed by atoms with Crippen molar-refractivity contribution in [3.05, 3.63) is 0 Å². The van der Waals surface area contributed by atoms with Crippen molar-refractivity contribution in [2.24, 2.45) is 0 Å². The van der Waals surface area contributed by atoms with Gasteiger partial charge in [-0.3, -0.25) is 9.59 Å². The summed E-state index contributed by atoms with van der Waals surface area (Å²) in [4.78, 5) is 21.0. The van der Waals surface area contributed by atoms with Crippen LogP contribution in [0.1, 0.15) is 52.4 Å². The van der Waals surface area contributed by atoms with Crippen molar-refractivity contribution in [3.8, 4) is 0 Å². The van der Waals surface area contributed by atoms with Crippen LogP contribution in [0.25, 0.3) is 0 Å². The summed E-state index contributed by atoms with van der Waals surface area (Å²) in [6.45, 7) is 4.11. The van der Waals surface area contributed by atoms with Gasteiger partial charge in [0.25, 0.3) is 0 Å². The first kappa shape index (κ1) is 17.6. The van der Waals surface area contributed by atoms with E-state index >= 15 is 0 Å². The van der Waals surface area contributed by atoms with Crippen LogP contribution in [0.2, 0.25) is 0 Å². The number of carboxylic acids is 2. The van der Waals surface area contributed by atoms with E-state index in [2.05, 4.69) is 13.8 Å². The van der Waals surface area contributed by atoms with Crippen LogP contribution in [0.15, 0.2) is 0 Å². The van der Waals surface area contributed by atoms with E-state index in [-0.39, 0.29) is 12.8 Å². The van der Waals surface area contributed by atoms with Gasteiger partial charge in [-0.05, 0) is 25.7 Å². The molecule has 0 bridgehead atoms. The molecule has 0 spiro atoms. The molecule has 0 aliphatic carbocycles. The molecule has 0 aliphatic heterocycles. The van der Waals surface area contributed by atoms with Crippen LogP contribution >= 0.6 is 21.6 Å². The van der Waals surface area contributed by atoms with Gasteiger partial charge in [0.1, 0.15) is 0 Å². The van der Waals surface area contributed by atoms with Gasteiger partial charge >= 0.3 is 11.9 Å². The van der Waals surface area contributed by atoms with Crippen LogP contribution < -0.4 is 0 Å². The van der Waals surface area contributed by atoms with E-state index in [1.54, 1.807) is 21.6 Å². The Hall–Kier alpha value is -0.360. The zero-order valence-corrected chi connectivity index (χ0v) is 12.6. The lowest BCUT2D eigenvalue weighted by molar-refractivity contribution is -0.138. The number of carboxylic acid groups (broad SMARTS) is 2. The topological polar surface area (TPSA) is 74.6 Å². The first-order valence-corrected chi connectivity index (χ1v) is 8.52. The number of aliphatic carboxylic acids is 2. The molecule has 18 heavy (non-hydrogen) atoms. The molecule has 6 heteroatoms. The maximum atomic E-state index is 10.5. The fourth-order valence-electron chi connectivity index (χ4n) is 1.37. The SMILES string of the molecule is CCC(CCC(=O)O)SSC(CC)CCC(=O)O. The molecule has 0 aromatic carbocycles. The fraction of sp³-hybridized carbons (Fsp3) is 0.833. The van der Waals surface area contributed by atoms with Crippen LogP contribution in [-0.4, -0.2) is 32.7 Å². The van der Waals surface area contributed by atoms with Crippen LogP contribution in [0.5, 0.6) is 0 Å². The minimum atomic E-state index is -0.753. The molecule has 0 aromatic heterocycles. The third-order valence-corrected chi connectivity index (χ3v) is 6.36. The molecule has 0 radical (unpaired) electrons. The second-order valence-corrected chi connectivity index (χ2v) is 6.99. The van der Waals surface area contributed by atoms with E-state index in [0.717, 1.165) is 12.8 Å². The molecule has 0 saturated carbocycles. The summed E-state index contributed by atoms with van der Waals surface area (Å²) in [7, 11) is 3.42. The van der Waals surface area contributed by atoms with Crippen molar-refractivity contribution in [2.45, 2.75) is 62.9 Å². The molecular formula is C12H22O4S2. The molecule has 0 fully saturated rings. The molecule has 2 N–H and O–H groups in total. The quantitative estimate of drug-likeness (QED) is 0.566. The summed E-state index contributed by atoms with van der Waals surface area (Å²) < 4.78 is 0. The van der Waals surface area contributed by atoms with Gasteiger partial charge in [-0.15, -0.1) is 0 Å². The summed E-state index contributed by atoms with van der Waals surface area (Å²) in [5, 5.41) is 18.0. The summed E-state index contributed by atoms with van der Waals surface area (Å²) >= 11 is 0. The minimum Gasteiger partial charge on any atom is -0.481 e. The van der Waals surface area contributed by atoms with Gasteiger partial charge < -0.3 is 10.2 Å². The van der Waals surface area contributed by atoms with E-state index in [1.807, 2.05) is 0 Å². The molecule has 0 amide bonds. The molecule has 0 saturated heterocycles. The number of hydrogen-bond donors (Lipinski definition) is 2. The number of hydrogen-bond acceptors (Lipinski definition) is 4. The fourth-order valence-corrected chi connectivity index (χ4v) is 4.72. The average molecular weight is 294 g/mol. The van der Waals surface area contributed by atoms with E-state index < -0.39 is 11.9 Å². The van der Waals surface area contributed by atoms with Crippen molar-refractivity contribution in [1.82, 2.24) is 0 Å². The first-order chi connectivity index (χ1) is 8.49. The van der Waals surface area contributed by atoms with E-state index in [9.17, 15) is 9.59 Å². The zero-order valence-electron chi connectivity index (χ0n) is 10.9. The average Bonchev–Trinajstić information content (AvgIpc) is 2.32. The molecule has 0 aliphatic rings. The van der Waals surface area contributed by atoms with Gasteiger partial charge in [-0.25, -0.2) is 0 Å². The summed E-state index contributed by atoms with van der Waals surface area (Å²) in [5.41, 5.74) is 0. The van der Waals surface area contributed by atoms with Crippen molar-refractivity contribution in [2.75, 3.05) is 0 Å². The monoisotopic (exact) mass is 294 g/mol. The lowest BCUT2D eigenvalue weighted by Crippen LogP contribution is -2.07. The predicted molar refractivity (Wildman–Crippen MR) is 77.1 cm³/mol. The second kappa shape index (κ2) is 10.6. The summed E-state index contributed by atoms with van der Waals surface area (Å²) in [6.07, 6.45) is 3.66. The Morgan fingerprint density at radius 1 is 0.889 bits per heavy atom. The Labute approximate surface area is 116 Å². The van der Waals surface area contributed by atoms with Crippen molar-refractivity contribution in [3.63, 3.8) is 0 Å². The largest absolute Gasteiger partial charge is 0.481 e. The highest BCUT2D eigenvalue weighted by Gasteiger charge is 2.15. The summed E-state index contributed by atoms with van der Waals surface area (Å²) in [6, 6.07) is 0. The second-order valence-electron chi connectivity index (χ2n) is 4.12. The number of carbonyl (C=O) groups is 2. The maximum Gasteiger partial charge on any atom is 0.303 e. The van der Waals surface area contributed by atoms with E-state index in [0.29, 0.717) is 23.3 Å². The third-order valence-electron chi connectivity index (χ3n) is 2.60. The molecule has 0 aromatic rings. The van der Waals surface area contributed by atoms with Crippen LogP contribution in [-0.2, 0) is 9.59 Å². The lowest BCUT2D eigenvalue weighted by atomic mass is 10.2. The molecule has 0 heterocycles. The Balaban J connectivity index is 3.91. The Morgan fingerprint density at radius 3 is 1.44 bits per heavy atom. The normalized spacial score (nSPS) is 14.1. The van der Waals surface area contributed by atoms with E-state index in [4.69, 9.17) is 10.2 Å². The van der Waals surface area contributed by atoms with Gasteiger partial charge in [0.15, 0.2) is 0 Å². The Kier molecular flexibility index (Phi) is 10.3. The smallest absolute Gasteiger partial charge is 0.303 e. The summed E-state index contributed by atoms with van der Waals surface area (Å²) in [5.74, 6) is -1.51. The van der Waals surface area contributed by atoms with Crippen LogP contribution in [0.3, 0.4) is 0 Å². The predicted octanol–water partition coefficient (Wildman–Crippen LogP) is 3.65. The Bertz CT molecular complexity index is 232. The zero-order chi connectivity index (χ0) is 14.0. The van der Waals surface area contributed by atoms with Gasteiger partial charge in [0.2, 0.25) is 0 Å². The standard InChI is InChI=1S/C12H22O4S2/c1-3-9(5-7-11(13)14)17-18-10(4-2)6-8-12(15)16/h9-10H,3-8H2,1-2H3,(H,13,14)(H,15,16). The van der Waals surface area contributed by atoms with Crippen molar-refractivity contribution >= 4 is 33.5 Å². The first-order valence-electron chi connectivity index (χ1n) is 6.25. The highest BCUT2D eigenvalue weighted by Crippen LogP contribution is 2.37. The lowest BCUT2D eigenvalue weighted by Gasteiger charge is -2.17. The number of rotatable bonds is 11. The van der Waals surface area contributed by atoms with Gasteiger partial charge in [0, 0.05) is 23.3 Å². The highest BCUT2D eigenvalue weighted by molar-refractivity contribution is 8.77. The highest BCUT2D eigenvalue weighted by atomic mass is 33.1. The van der Waals surface area contributed by atoms with Crippen LogP contribution in [0.4, 0.5) is 0 Å². The van der Waals surface area contributed by atoms with Gasteiger partial charge in [-0.2, -0.15) is 0 Å². The molecular weight excluding hydrogens is 272 g/mol. The minimum absolute atomic E-state index is 0.206. The third kappa shape index (κ3) is 9.65. The molecule has 2 atom stereocenters. The van der Waals surface area contributed by atoms with Gasteiger partial charge in [-0.1, -0.05) is 35.4 Å².